The molecule has 0 spiro atoms. The van der Waals surface area contributed by atoms with E-state index in [9.17, 15) is 4.79 Å². The van der Waals surface area contributed by atoms with E-state index in [0.29, 0.717) is 31.2 Å². The Morgan fingerprint density at radius 1 is 1.18 bits per heavy atom. The molecule has 1 amide bonds. The van der Waals surface area contributed by atoms with E-state index in [1.54, 1.807) is 19.2 Å². The molecular weight excluding hydrogens is 352 g/mol. The molecule has 2 aromatic rings. The molecule has 3 N–H and O–H groups in total. The molecule has 0 fully saturated rings. The Bertz CT molecular complexity index is 818. The maximum Gasteiger partial charge on any atom is 0.251 e. The van der Waals surface area contributed by atoms with Gasteiger partial charge in [-0.15, -0.1) is 0 Å². The third-order valence-electron chi connectivity index (χ3n) is 3.96. The van der Waals surface area contributed by atoms with Crippen LogP contribution in [0.3, 0.4) is 0 Å². The first kappa shape index (κ1) is 21.0. The average Bonchev–Trinajstić information content (AvgIpc) is 2.74. The lowest BCUT2D eigenvalue weighted by molar-refractivity contribution is 0.0963. The lowest BCUT2D eigenvalue weighted by atomic mass is 10.1. The van der Waals surface area contributed by atoms with Crippen molar-refractivity contribution in [2.75, 3.05) is 20.2 Å². The zero-order valence-corrected chi connectivity index (χ0v) is 16.5. The van der Waals surface area contributed by atoms with Gasteiger partial charge < -0.3 is 20.7 Å². The largest absolute Gasteiger partial charge is 0.489 e. The molecule has 0 aliphatic rings. The van der Waals surface area contributed by atoms with Gasteiger partial charge in [-0.25, -0.2) is 4.99 Å². The van der Waals surface area contributed by atoms with Crippen LogP contribution in [0.5, 0.6) is 5.75 Å². The number of aliphatic imine (C=N–C) groups is 1. The predicted molar refractivity (Wildman–Crippen MR) is 114 cm³/mol. The third-order valence-corrected chi connectivity index (χ3v) is 3.96. The molecule has 0 heterocycles. The minimum absolute atomic E-state index is 0.105. The summed E-state index contributed by atoms with van der Waals surface area (Å²) in [6, 6.07) is 15.3. The number of carbonyl (C=O) groups is 1. The van der Waals surface area contributed by atoms with Crippen LogP contribution in [0.2, 0.25) is 0 Å². The third kappa shape index (κ3) is 6.46. The number of rotatable bonds is 9. The molecule has 6 nitrogen and oxygen atoms in total. The molecule has 0 saturated heterocycles. The molecule has 0 saturated carbocycles. The molecule has 0 bridgehead atoms. The van der Waals surface area contributed by atoms with Crippen LogP contribution in [0.15, 0.2) is 66.2 Å². The van der Waals surface area contributed by atoms with Gasteiger partial charge in [-0.2, -0.15) is 0 Å². The Morgan fingerprint density at radius 2 is 2.00 bits per heavy atom. The van der Waals surface area contributed by atoms with Crippen molar-refractivity contribution in [2.45, 2.75) is 20.0 Å². The molecule has 0 aliphatic carbocycles. The molecule has 148 valence electrons. The van der Waals surface area contributed by atoms with E-state index in [1.165, 1.54) is 0 Å². The molecule has 0 unspecified atom stereocenters. The van der Waals surface area contributed by atoms with Gasteiger partial charge in [-0.3, -0.25) is 4.79 Å². The SMILES string of the molecule is C=CCOc1ccccc1CNC(=NCc1cccc(C(=O)NC)c1)NCC. The molecule has 2 rings (SSSR count). The first-order valence-corrected chi connectivity index (χ1v) is 9.32. The molecule has 28 heavy (non-hydrogen) atoms. The number of nitrogens with zero attached hydrogens (tertiary/aromatic N) is 1. The zero-order chi connectivity index (χ0) is 20.2. The number of hydrogen-bond donors (Lipinski definition) is 3. The molecule has 2 aromatic carbocycles. The summed E-state index contributed by atoms with van der Waals surface area (Å²) < 4.78 is 5.70. The van der Waals surface area contributed by atoms with E-state index in [2.05, 4.69) is 27.5 Å². The Hall–Kier alpha value is -3.28. The van der Waals surface area contributed by atoms with Crippen LogP contribution < -0.4 is 20.7 Å². The van der Waals surface area contributed by atoms with Gasteiger partial charge in [0, 0.05) is 31.3 Å². The van der Waals surface area contributed by atoms with Gasteiger partial charge in [0.2, 0.25) is 0 Å². The van der Waals surface area contributed by atoms with Crippen molar-refractivity contribution in [1.82, 2.24) is 16.0 Å². The Labute approximate surface area is 166 Å². The highest BCUT2D eigenvalue weighted by atomic mass is 16.5. The average molecular weight is 380 g/mol. The summed E-state index contributed by atoms with van der Waals surface area (Å²) in [4.78, 5) is 16.4. The van der Waals surface area contributed by atoms with Gasteiger partial charge in [-0.1, -0.05) is 43.0 Å². The maximum absolute atomic E-state index is 11.8. The first-order chi connectivity index (χ1) is 13.7. The number of amides is 1. The standard InChI is InChI=1S/C22H28N4O2/c1-4-13-28-20-12-7-6-10-19(20)16-26-22(24-5-2)25-15-17-9-8-11-18(14-17)21(27)23-3/h4,6-12,14H,1,5,13,15-16H2,2-3H3,(H,23,27)(H2,24,25,26). The fourth-order valence-corrected chi connectivity index (χ4v) is 2.59. The van der Waals surface area contributed by atoms with Crippen molar-refractivity contribution in [3.05, 3.63) is 77.9 Å². The van der Waals surface area contributed by atoms with Crippen LogP contribution in [0.1, 0.15) is 28.4 Å². The predicted octanol–water partition coefficient (Wildman–Crippen LogP) is 2.87. The minimum Gasteiger partial charge on any atom is -0.489 e. The highest BCUT2D eigenvalue weighted by molar-refractivity contribution is 5.94. The van der Waals surface area contributed by atoms with E-state index in [-0.39, 0.29) is 5.91 Å². The van der Waals surface area contributed by atoms with Gasteiger partial charge >= 0.3 is 0 Å². The Balaban J connectivity index is 2.05. The van der Waals surface area contributed by atoms with E-state index in [4.69, 9.17) is 4.74 Å². The normalized spacial score (nSPS) is 10.9. The summed E-state index contributed by atoms with van der Waals surface area (Å²) in [6.45, 7) is 7.96. The lowest BCUT2D eigenvalue weighted by Gasteiger charge is -2.14. The van der Waals surface area contributed by atoms with Crippen molar-refractivity contribution < 1.29 is 9.53 Å². The van der Waals surface area contributed by atoms with Gasteiger partial charge in [0.05, 0.1) is 6.54 Å². The molecular formula is C22H28N4O2. The van der Waals surface area contributed by atoms with Gasteiger partial charge in [0.15, 0.2) is 5.96 Å². The van der Waals surface area contributed by atoms with Gasteiger partial charge in [0.25, 0.3) is 5.91 Å². The molecule has 6 heteroatoms. The number of guanidine groups is 1. The first-order valence-electron chi connectivity index (χ1n) is 9.32. The molecule has 0 radical (unpaired) electrons. The maximum atomic E-state index is 11.8. The number of hydrogen-bond acceptors (Lipinski definition) is 3. The number of para-hydroxylation sites is 1. The summed E-state index contributed by atoms with van der Waals surface area (Å²) >= 11 is 0. The Morgan fingerprint density at radius 3 is 2.75 bits per heavy atom. The second kappa shape index (κ2) is 11.4. The second-order valence-corrected chi connectivity index (χ2v) is 6.04. The van der Waals surface area contributed by atoms with Crippen molar-refractivity contribution >= 4 is 11.9 Å². The highest BCUT2D eigenvalue weighted by Crippen LogP contribution is 2.17. The van der Waals surface area contributed by atoms with Gasteiger partial charge in [-0.05, 0) is 30.7 Å². The van der Waals surface area contributed by atoms with Crippen molar-refractivity contribution in [1.29, 1.82) is 0 Å². The molecule has 0 atom stereocenters. The van der Waals surface area contributed by atoms with Crippen molar-refractivity contribution in [3.8, 4) is 5.75 Å². The summed E-state index contributed by atoms with van der Waals surface area (Å²) in [5.41, 5.74) is 2.63. The van der Waals surface area contributed by atoms with Gasteiger partial charge in [0.1, 0.15) is 12.4 Å². The number of nitrogens with one attached hydrogen (secondary N) is 3. The summed E-state index contributed by atoms with van der Waals surface area (Å²) in [5, 5.41) is 9.20. The van der Waals surface area contributed by atoms with Crippen LogP contribution in [0.4, 0.5) is 0 Å². The van der Waals surface area contributed by atoms with Crippen molar-refractivity contribution in [3.63, 3.8) is 0 Å². The van der Waals surface area contributed by atoms with E-state index in [1.807, 2.05) is 49.4 Å². The minimum atomic E-state index is -0.105. The van der Waals surface area contributed by atoms with Crippen LogP contribution in [-0.4, -0.2) is 32.1 Å². The topological polar surface area (TPSA) is 74.8 Å². The van der Waals surface area contributed by atoms with Crippen LogP contribution in [-0.2, 0) is 13.1 Å². The lowest BCUT2D eigenvalue weighted by Crippen LogP contribution is -2.36. The highest BCUT2D eigenvalue weighted by Gasteiger charge is 2.06. The summed E-state index contributed by atoms with van der Waals surface area (Å²) in [6.07, 6.45) is 1.72. The second-order valence-electron chi connectivity index (χ2n) is 6.04. The van der Waals surface area contributed by atoms with Crippen molar-refractivity contribution in [2.24, 2.45) is 4.99 Å². The molecule has 0 aliphatic heterocycles. The van der Waals surface area contributed by atoms with E-state index in [0.717, 1.165) is 23.4 Å². The fraction of sp³-hybridized carbons (Fsp3) is 0.273. The van der Waals surface area contributed by atoms with E-state index < -0.39 is 0 Å². The zero-order valence-electron chi connectivity index (χ0n) is 16.5. The summed E-state index contributed by atoms with van der Waals surface area (Å²) in [5.74, 6) is 1.42. The fourth-order valence-electron chi connectivity index (χ4n) is 2.59. The summed E-state index contributed by atoms with van der Waals surface area (Å²) in [7, 11) is 1.62. The molecule has 0 aromatic heterocycles. The monoisotopic (exact) mass is 380 g/mol. The Kier molecular flexibility index (Phi) is 8.59. The smallest absolute Gasteiger partial charge is 0.251 e. The van der Waals surface area contributed by atoms with E-state index >= 15 is 0 Å². The van der Waals surface area contributed by atoms with Crippen LogP contribution >= 0.6 is 0 Å². The number of ether oxygens (including phenoxy) is 1. The quantitative estimate of drug-likeness (QED) is 0.355. The number of carbonyl (C=O) groups excluding carboxylic acids is 1. The van der Waals surface area contributed by atoms with Crippen LogP contribution in [0.25, 0.3) is 0 Å². The number of benzene rings is 2. The van der Waals surface area contributed by atoms with Crippen LogP contribution in [0, 0.1) is 0 Å².